The van der Waals surface area contributed by atoms with Gasteiger partial charge in [-0.3, -0.25) is 0 Å². The lowest BCUT2D eigenvalue weighted by molar-refractivity contribution is 1.19. The summed E-state index contributed by atoms with van der Waals surface area (Å²) in [6, 6.07) is 12.0. The maximum absolute atomic E-state index is 9.38. The van der Waals surface area contributed by atoms with Gasteiger partial charge in [0.1, 0.15) is 11.9 Å². The fourth-order valence-corrected chi connectivity index (χ4v) is 2.28. The standard InChI is InChI=1S/C16H14N4/c1-10-7-12(11(2)18-10)8-13(9-17)16-19-14-5-3-4-6-15(14)20-16/h3-8,18H,1-2H3,(H,19,20). The Balaban J connectivity index is 2.10. The number of benzene rings is 1. The second kappa shape index (κ2) is 4.71. The van der Waals surface area contributed by atoms with Crippen LogP contribution in [0.2, 0.25) is 0 Å². The molecule has 0 fully saturated rings. The number of rotatable bonds is 2. The van der Waals surface area contributed by atoms with Crippen molar-refractivity contribution in [3.05, 3.63) is 53.1 Å². The van der Waals surface area contributed by atoms with Crippen LogP contribution in [0.5, 0.6) is 0 Å². The topological polar surface area (TPSA) is 68.3 Å². The van der Waals surface area contributed by atoms with Gasteiger partial charge < -0.3 is 9.97 Å². The van der Waals surface area contributed by atoms with Crippen molar-refractivity contribution in [2.45, 2.75) is 13.8 Å². The minimum atomic E-state index is 0.531. The Morgan fingerprint density at radius 2 is 2.05 bits per heavy atom. The largest absolute Gasteiger partial charge is 0.362 e. The molecule has 3 rings (SSSR count). The zero-order chi connectivity index (χ0) is 14.1. The zero-order valence-electron chi connectivity index (χ0n) is 11.4. The SMILES string of the molecule is Cc1cc(C=C(C#N)c2nc3ccccc3[nH]2)c(C)[nH]1. The van der Waals surface area contributed by atoms with Crippen molar-refractivity contribution in [1.29, 1.82) is 5.26 Å². The van der Waals surface area contributed by atoms with Crippen molar-refractivity contribution in [2.75, 3.05) is 0 Å². The van der Waals surface area contributed by atoms with Gasteiger partial charge in [0.05, 0.1) is 16.6 Å². The number of para-hydroxylation sites is 2. The van der Waals surface area contributed by atoms with E-state index < -0.39 is 0 Å². The first kappa shape index (κ1) is 12.2. The van der Waals surface area contributed by atoms with E-state index in [0.717, 1.165) is 28.0 Å². The number of imidazole rings is 1. The van der Waals surface area contributed by atoms with Crippen LogP contribution in [0, 0.1) is 25.2 Å². The third kappa shape index (κ3) is 2.10. The lowest BCUT2D eigenvalue weighted by Crippen LogP contribution is -1.85. The molecule has 0 atom stereocenters. The highest BCUT2D eigenvalue weighted by Crippen LogP contribution is 2.20. The van der Waals surface area contributed by atoms with E-state index in [4.69, 9.17) is 0 Å². The predicted molar refractivity (Wildman–Crippen MR) is 79.8 cm³/mol. The van der Waals surface area contributed by atoms with E-state index in [2.05, 4.69) is 21.0 Å². The molecule has 2 heterocycles. The van der Waals surface area contributed by atoms with Crippen LogP contribution >= 0.6 is 0 Å². The Labute approximate surface area is 116 Å². The van der Waals surface area contributed by atoms with E-state index in [1.54, 1.807) is 0 Å². The van der Waals surface area contributed by atoms with Crippen LogP contribution in [0.3, 0.4) is 0 Å². The first-order chi connectivity index (χ1) is 9.67. The first-order valence-corrected chi connectivity index (χ1v) is 6.40. The highest BCUT2D eigenvalue weighted by Gasteiger charge is 2.09. The molecule has 0 bridgehead atoms. The van der Waals surface area contributed by atoms with Crippen LogP contribution in [-0.4, -0.2) is 15.0 Å². The monoisotopic (exact) mass is 262 g/mol. The predicted octanol–water partition coefficient (Wildman–Crippen LogP) is 3.57. The van der Waals surface area contributed by atoms with Gasteiger partial charge in [-0.15, -0.1) is 0 Å². The van der Waals surface area contributed by atoms with Gasteiger partial charge in [-0.25, -0.2) is 4.98 Å². The number of hydrogen-bond acceptors (Lipinski definition) is 2. The van der Waals surface area contributed by atoms with Gasteiger partial charge in [0.25, 0.3) is 0 Å². The van der Waals surface area contributed by atoms with Crippen molar-refractivity contribution in [3.63, 3.8) is 0 Å². The lowest BCUT2D eigenvalue weighted by atomic mass is 10.1. The molecule has 0 unspecified atom stereocenters. The summed E-state index contributed by atoms with van der Waals surface area (Å²) in [4.78, 5) is 10.9. The Hall–Kier alpha value is -2.80. The number of aryl methyl sites for hydroxylation is 2. The molecule has 20 heavy (non-hydrogen) atoms. The molecule has 0 saturated carbocycles. The van der Waals surface area contributed by atoms with E-state index in [-0.39, 0.29) is 0 Å². The third-order valence-electron chi connectivity index (χ3n) is 3.25. The van der Waals surface area contributed by atoms with Crippen LogP contribution in [0.25, 0.3) is 22.7 Å². The summed E-state index contributed by atoms with van der Waals surface area (Å²) in [6.45, 7) is 3.99. The first-order valence-electron chi connectivity index (χ1n) is 6.40. The summed E-state index contributed by atoms with van der Waals surface area (Å²) in [5.74, 6) is 0.604. The van der Waals surface area contributed by atoms with Gasteiger partial charge in [-0.1, -0.05) is 12.1 Å². The molecule has 1 aromatic carbocycles. The van der Waals surface area contributed by atoms with Gasteiger partial charge in [-0.2, -0.15) is 5.26 Å². The van der Waals surface area contributed by atoms with Gasteiger partial charge in [0.2, 0.25) is 0 Å². The van der Waals surface area contributed by atoms with Crippen molar-refractivity contribution in [3.8, 4) is 6.07 Å². The van der Waals surface area contributed by atoms with Crippen LogP contribution in [0.15, 0.2) is 30.3 Å². The molecule has 4 nitrogen and oxygen atoms in total. The van der Waals surface area contributed by atoms with Crippen LogP contribution in [0.4, 0.5) is 0 Å². The Bertz CT molecular complexity index is 810. The second-order valence-corrected chi connectivity index (χ2v) is 4.81. The molecule has 0 radical (unpaired) electrons. The van der Waals surface area contributed by atoms with Crippen molar-refractivity contribution >= 4 is 22.7 Å². The van der Waals surface area contributed by atoms with Gasteiger partial charge in [0, 0.05) is 11.4 Å². The summed E-state index contributed by atoms with van der Waals surface area (Å²) in [5.41, 5.74) is 5.47. The number of aromatic amines is 2. The summed E-state index contributed by atoms with van der Waals surface area (Å²) < 4.78 is 0. The molecule has 4 heteroatoms. The minimum absolute atomic E-state index is 0.531. The fraction of sp³-hybridized carbons (Fsp3) is 0.125. The molecule has 2 N–H and O–H groups in total. The maximum Gasteiger partial charge on any atom is 0.149 e. The average molecular weight is 262 g/mol. The molecule has 0 aliphatic rings. The van der Waals surface area contributed by atoms with Gasteiger partial charge in [-0.05, 0) is 43.7 Å². The van der Waals surface area contributed by atoms with Crippen molar-refractivity contribution in [2.24, 2.45) is 0 Å². The number of nitrogens with zero attached hydrogens (tertiary/aromatic N) is 2. The number of aromatic nitrogens is 3. The van der Waals surface area contributed by atoms with Crippen molar-refractivity contribution in [1.82, 2.24) is 15.0 Å². The van der Waals surface area contributed by atoms with Crippen LogP contribution in [0.1, 0.15) is 22.8 Å². The third-order valence-corrected chi connectivity index (χ3v) is 3.25. The summed E-state index contributed by atoms with van der Waals surface area (Å²) in [7, 11) is 0. The van der Waals surface area contributed by atoms with E-state index in [1.165, 1.54) is 0 Å². The van der Waals surface area contributed by atoms with E-state index in [0.29, 0.717) is 11.4 Å². The molecule has 3 aromatic rings. The molecule has 0 amide bonds. The van der Waals surface area contributed by atoms with E-state index >= 15 is 0 Å². The van der Waals surface area contributed by atoms with Crippen LogP contribution in [-0.2, 0) is 0 Å². The quantitative estimate of drug-likeness (QED) is 0.693. The number of nitriles is 1. The fourth-order valence-electron chi connectivity index (χ4n) is 2.28. The number of nitrogens with one attached hydrogen (secondary N) is 2. The summed E-state index contributed by atoms with van der Waals surface area (Å²) in [5, 5.41) is 9.38. The molecule has 98 valence electrons. The Morgan fingerprint density at radius 3 is 2.70 bits per heavy atom. The smallest absolute Gasteiger partial charge is 0.149 e. The van der Waals surface area contributed by atoms with Gasteiger partial charge >= 0.3 is 0 Å². The molecule has 0 spiro atoms. The maximum atomic E-state index is 9.38. The number of allylic oxidation sites excluding steroid dienone is 1. The van der Waals surface area contributed by atoms with E-state index in [1.807, 2.05) is 50.3 Å². The average Bonchev–Trinajstić information content (AvgIpc) is 2.99. The number of hydrogen-bond donors (Lipinski definition) is 2. The molecule has 0 aliphatic heterocycles. The molecule has 2 aromatic heterocycles. The summed E-state index contributed by atoms with van der Waals surface area (Å²) >= 11 is 0. The molecule has 0 saturated heterocycles. The highest BCUT2D eigenvalue weighted by atomic mass is 14.9. The Kier molecular flexibility index (Phi) is 2.88. The second-order valence-electron chi connectivity index (χ2n) is 4.81. The zero-order valence-corrected chi connectivity index (χ0v) is 11.4. The number of H-pyrrole nitrogens is 2. The van der Waals surface area contributed by atoms with Crippen LogP contribution < -0.4 is 0 Å². The van der Waals surface area contributed by atoms with Gasteiger partial charge in [0.15, 0.2) is 0 Å². The Morgan fingerprint density at radius 1 is 1.25 bits per heavy atom. The molecular weight excluding hydrogens is 248 g/mol. The molecule has 0 aliphatic carbocycles. The normalized spacial score (nSPS) is 11.8. The minimum Gasteiger partial charge on any atom is -0.362 e. The van der Waals surface area contributed by atoms with E-state index in [9.17, 15) is 5.26 Å². The summed E-state index contributed by atoms with van der Waals surface area (Å²) in [6.07, 6.45) is 1.86. The highest BCUT2D eigenvalue weighted by molar-refractivity contribution is 5.90. The lowest BCUT2D eigenvalue weighted by Gasteiger charge is -1.94. The number of fused-ring (bicyclic) bond motifs is 1. The van der Waals surface area contributed by atoms with Crippen molar-refractivity contribution < 1.29 is 0 Å². The molecular formula is C16H14N4.